The molecule has 0 aliphatic rings. The van der Waals surface area contributed by atoms with Gasteiger partial charge in [-0.1, -0.05) is 6.92 Å². The van der Waals surface area contributed by atoms with Crippen molar-refractivity contribution in [3.8, 4) is 0 Å². The summed E-state index contributed by atoms with van der Waals surface area (Å²) in [5.41, 5.74) is 0.431. The van der Waals surface area contributed by atoms with Crippen LogP contribution in [0.25, 0.3) is 0 Å². The largest absolute Gasteiger partial charge is 0.479 e. The maximum Gasteiger partial charge on any atom is 0.331 e. The molecule has 2 amide bonds. The van der Waals surface area contributed by atoms with Gasteiger partial charge in [-0.2, -0.15) is 5.10 Å². The third-order valence-electron chi connectivity index (χ3n) is 2.90. The second-order valence-corrected chi connectivity index (χ2v) is 4.51. The van der Waals surface area contributed by atoms with E-state index in [2.05, 4.69) is 15.7 Å². The predicted molar refractivity (Wildman–Crippen MR) is 73.3 cm³/mol. The van der Waals surface area contributed by atoms with E-state index in [-0.39, 0.29) is 0 Å². The number of carboxylic acids is 1. The first-order valence-electron chi connectivity index (χ1n) is 6.38. The van der Waals surface area contributed by atoms with Gasteiger partial charge in [0.15, 0.2) is 6.04 Å². The third-order valence-corrected chi connectivity index (χ3v) is 2.90. The van der Waals surface area contributed by atoms with E-state index in [4.69, 9.17) is 5.11 Å². The van der Waals surface area contributed by atoms with Crippen molar-refractivity contribution in [2.24, 2.45) is 7.05 Å². The monoisotopic (exact) mass is 283 g/mol. The summed E-state index contributed by atoms with van der Waals surface area (Å²) < 4.78 is 1.49. The highest BCUT2D eigenvalue weighted by Crippen LogP contribution is 2.11. The number of aliphatic carboxylic acids is 1. The lowest BCUT2D eigenvalue weighted by atomic mass is 10.1. The van der Waals surface area contributed by atoms with Crippen molar-refractivity contribution >= 4 is 12.0 Å². The highest BCUT2D eigenvalue weighted by Gasteiger charge is 2.23. The van der Waals surface area contributed by atoms with Crippen molar-refractivity contribution in [3.05, 3.63) is 18.0 Å². The molecule has 0 aromatic carbocycles. The Morgan fingerprint density at radius 1 is 1.55 bits per heavy atom. The summed E-state index contributed by atoms with van der Waals surface area (Å²) in [5, 5.41) is 18.1. The fourth-order valence-electron chi connectivity index (χ4n) is 1.58. The molecule has 1 heterocycles. The van der Waals surface area contributed by atoms with E-state index in [1.165, 1.54) is 10.9 Å². The standard InChI is InChI=1S/C12H21N5O3/c1-4-16(2)6-5-13-12(20)15-10(11(18)19)9-7-14-17(3)8-9/h7-8,10H,4-6H2,1-3H3,(H,18,19)(H2,13,15,20). The molecule has 0 saturated heterocycles. The van der Waals surface area contributed by atoms with Gasteiger partial charge in [-0.15, -0.1) is 0 Å². The van der Waals surface area contributed by atoms with Crippen LogP contribution in [0, 0.1) is 0 Å². The van der Waals surface area contributed by atoms with Gasteiger partial charge in [-0.25, -0.2) is 9.59 Å². The molecular weight excluding hydrogens is 262 g/mol. The van der Waals surface area contributed by atoms with Gasteiger partial charge in [0.05, 0.1) is 6.20 Å². The Balaban J connectivity index is 2.50. The average Bonchev–Trinajstić information content (AvgIpc) is 2.81. The number of aryl methyl sites for hydroxylation is 1. The molecule has 1 atom stereocenters. The van der Waals surface area contributed by atoms with Crippen LogP contribution in [0.15, 0.2) is 12.4 Å². The normalized spacial score (nSPS) is 12.2. The first kappa shape index (κ1) is 16.0. The lowest BCUT2D eigenvalue weighted by Crippen LogP contribution is -2.43. The highest BCUT2D eigenvalue weighted by atomic mass is 16.4. The van der Waals surface area contributed by atoms with E-state index in [1.807, 2.05) is 18.9 Å². The van der Waals surface area contributed by atoms with Crippen LogP contribution in [-0.4, -0.2) is 58.5 Å². The number of hydrogen-bond acceptors (Lipinski definition) is 4. The average molecular weight is 283 g/mol. The van der Waals surface area contributed by atoms with Crippen molar-refractivity contribution in [2.75, 3.05) is 26.7 Å². The molecule has 0 bridgehead atoms. The molecule has 0 saturated carbocycles. The van der Waals surface area contributed by atoms with Gasteiger partial charge < -0.3 is 20.6 Å². The minimum absolute atomic E-state index is 0.431. The Morgan fingerprint density at radius 2 is 2.25 bits per heavy atom. The fourth-order valence-corrected chi connectivity index (χ4v) is 1.58. The number of amides is 2. The zero-order chi connectivity index (χ0) is 15.1. The third kappa shape index (κ3) is 4.88. The summed E-state index contributed by atoms with van der Waals surface area (Å²) in [6.45, 7) is 4.06. The van der Waals surface area contributed by atoms with Crippen LogP contribution >= 0.6 is 0 Å². The first-order valence-corrected chi connectivity index (χ1v) is 6.38. The number of nitrogens with one attached hydrogen (secondary N) is 2. The van der Waals surface area contributed by atoms with Crippen LogP contribution < -0.4 is 10.6 Å². The van der Waals surface area contributed by atoms with Gasteiger partial charge in [0.2, 0.25) is 0 Å². The van der Waals surface area contributed by atoms with Gasteiger partial charge in [-0.3, -0.25) is 4.68 Å². The number of rotatable bonds is 7. The molecule has 0 radical (unpaired) electrons. The number of urea groups is 1. The van der Waals surface area contributed by atoms with Gasteiger partial charge in [0.1, 0.15) is 0 Å². The van der Waals surface area contributed by atoms with E-state index >= 15 is 0 Å². The molecule has 3 N–H and O–H groups in total. The van der Waals surface area contributed by atoms with E-state index in [9.17, 15) is 9.59 Å². The summed E-state index contributed by atoms with van der Waals surface area (Å²) in [6.07, 6.45) is 2.98. The zero-order valence-corrected chi connectivity index (χ0v) is 12.0. The maximum absolute atomic E-state index is 11.7. The minimum Gasteiger partial charge on any atom is -0.479 e. The number of aromatic nitrogens is 2. The predicted octanol–water partition coefficient (Wildman–Crippen LogP) is -0.203. The molecule has 0 aliphatic heterocycles. The zero-order valence-electron chi connectivity index (χ0n) is 12.0. The van der Waals surface area contributed by atoms with Crippen LogP contribution in [0.1, 0.15) is 18.5 Å². The van der Waals surface area contributed by atoms with Gasteiger partial charge in [0, 0.05) is 31.9 Å². The van der Waals surface area contributed by atoms with Crippen LogP contribution in [-0.2, 0) is 11.8 Å². The molecule has 1 aromatic rings. The van der Waals surface area contributed by atoms with E-state index in [0.717, 1.165) is 6.54 Å². The number of carbonyl (C=O) groups excluding carboxylic acids is 1. The molecule has 0 spiro atoms. The van der Waals surface area contributed by atoms with E-state index < -0.39 is 18.0 Å². The molecule has 8 heteroatoms. The van der Waals surface area contributed by atoms with Crippen molar-refractivity contribution in [3.63, 3.8) is 0 Å². The molecule has 1 rings (SSSR count). The smallest absolute Gasteiger partial charge is 0.331 e. The maximum atomic E-state index is 11.7. The number of nitrogens with zero attached hydrogens (tertiary/aromatic N) is 3. The summed E-state index contributed by atoms with van der Waals surface area (Å²) >= 11 is 0. The van der Waals surface area contributed by atoms with Crippen molar-refractivity contribution in [1.29, 1.82) is 0 Å². The fraction of sp³-hybridized carbons (Fsp3) is 0.583. The molecule has 20 heavy (non-hydrogen) atoms. The van der Waals surface area contributed by atoms with Crippen LogP contribution in [0.5, 0.6) is 0 Å². The van der Waals surface area contributed by atoms with Crippen LogP contribution in [0.3, 0.4) is 0 Å². The second kappa shape index (κ2) is 7.49. The lowest BCUT2D eigenvalue weighted by molar-refractivity contribution is -0.139. The molecule has 0 aliphatic carbocycles. The Hall–Kier alpha value is -2.09. The first-order chi connectivity index (χ1) is 9.43. The Bertz CT molecular complexity index is 460. The minimum atomic E-state index is -1.13. The highest BCUT2D eigenvalue weighted by molar-refractivity contribution is 5.83. The van der Waals surface area contributed by atoms with Crippen LogP contribution in [0.2, 0.25) is 0 Å². The Morgan fingerprint density at radius 3 is 2.75 bits per heavy atom. The Labute approximate surface area is 117 Å². The molecule has 112 valence electrons. The summed E-state index contributed by atoms with van der Waals surface area (Å²) in [5.74, 6) is -1.13. The number of hydrogen-bond donors (Lipinski definition) is 3. The van der Waals surface area contributed by atoms with Crippen molar-refractivity contribution in [2.45, 2.75) is 13.0 Å². The number of likely N-dealkylation sites (N-methyl/N-ethyl adjacent to an activating group) is 1. The lowest BCUT2D eigenvalue weighted by Gasteiger charge is -2.16. The van der Waals surface area contributed by atoms with E-state index in [1.54, 1.807) is 13.2 Å². The van der Waals surface area contributed by atoms with Crippen LogP contribution in [0.4, 0.5) is 4.79 Å². The van der Waals surface area contributed by atoms with Gasteiger partial charge in [0.25, 0.3) is 0 Å². The summed E-state index contributed by atoms with van der Waals surface area (Å²) in [6, 6.07) is -1.61. The molecule has 1 aromatic heterocycles. The number of carbonyl (C=O) groups is 2. The molecular formula is C12H21N5O3. The molecule has 8 nitrogen and oxygen atoms in total. The second-order valence-electron chi connectivity index (χ2n) is 4.51. The SMILES string of the molecule is CCN(C)CCNC(=O)NC(C(=O)O)c1cnn(C)c1. The van der Waals surface area contributed by atoms with Gasteiger partial charge in [-0.05, 0) is 13.6 Å². The summed E-state index contributed by atoms with van der Waals surface area (Å²) in [7, 11) is 3.62. The van der Waals surface area contributed by atoms with Gasteiger partial charge >= 0.3 is 12.0 Å². The summed E-state index contributed by atoms with van der Waals surface area (Å²) in [4.78, 5) is 24.9. The van der Waals surface area contributed by atoms with Crippen molar-refractivity contribution in [1.82, 2.24) is 25.3 Å². The van der Waals surface area contributed by atoms with E-state index in [0.29, 0.717) is 18.7 Å². The van der Waals surface area contributed by atoms with Crippen molar-refractivity contribution < 1.29 is 14.7 Å². The topological polar surface area (TPSA) is 99.5 Å². The molecule has 1 unspecified atom stereocenters. The number of carboxylic acid groups (broad SMARTS) is 1. The Kier molecular flexibility index (Phi) is 5.98. The molecule has 0 fully saturated rings. The quantitative estimate of drug-likeness (QED) is 0.643.